The lowest BCUT2D eigenvalue weighted by Gasteiger charge is -2.22. The van der Waals surface area contributed by atoms with Crippen molar-refractivity contribution in [3.63, 3.8) is 0 Å². The van der Waals surface area contributed by atoms with Crippen LogP contribution < -0.4 is 0 Å². The lowest BCUT2D eigenvalue weighted by molar-refractivity contribution is 0.567. The van der Waals surface area contributed by atoms with Crippen LogP contribution in [0.25, 0.3) is 5.57 Å². The quantitative estimate of drug-likeness (QED) is 0.598. The largest absolute Gasteiger partial charge is 0.0840 e. The fourth-order valence-electron chi connectivity index (χ4n) is 2.17. The van der Waals surface area contributed by atoms with Crippen LogP contribution in [0, 0.1) is 12.3 Å². The summed E-state index contributed by atoms with van der Waals surface area (Å²) >= 11 is 6.13. The first-order chi connectivity index (χ1) is 6.89. The van der Waals surface area contributed by atoms with Gasteiger partial charge < -0.3 is 0 Å². The Morgan fingerprint density at radius 3 is 2.47 bits per heavy atom. The highest BCUT2D eigenvalue weighted by Crippen LogP contribution is 2.41. The lowest BCUT2D eigenvalue weighted by Crippen LogP contribution is -2.07. The van der Waals surface area contributed by atoms with Gasteiger partial charge in [-0.25, -0.2) is 0 Å². The predicted octanol–water partition coefficient (Wildman–Crippen LogP) is 4.63. The van der Waals surface area contributed by atoms with Crippen LogP contribution in [-0.4, -0.2) is 0 Å². The average molecular weight is 221 g/mol. The van der Waals surface area contributed by atoms with Crippen molar-refractivity contribution in [3.8, 4) is 0 Å². The van der Waals surface area contributed by atoms with Crippen molar-refractivity contribution in [3.05, 3.63) is 39.9 Å². The monoisotopic (exact) mass is 220 g/mol. The first-order valence-corrected chi connectivity index (χ1v) is 5.77. The third kappa shape index (κ3) is 1.83. The molecule has 0 radical (unpaired) electrons. The van der Waals surface area contributed by atoms with Crippen LogP contribution in [0.1, 0.15) is 37.5 Å². The Kier molecular flexibility index (Phi) is 2.42. The van der Waals surface area contributed by atoms with Crippen molar-refractivity contribution in [2.24, 2.45) is 5.41 Å². The van der Waals surface area contributed by atoms with Crippen molar-refractivity contribution in [2.45, 2.75) is 34.1 Å². The molecule has 2 rings (SSSR count). The van der Waals surface area contributed by atoms with E-state index in [9.17, 15) is 0 Å². The van der Waals surface area contributed by atoms with Crippen LogP contribution in [-0.2, 0) is 6.42 Å². The summed E-state index contributed by atoms with van der Waals surface area (Å²) < 4.78 is 0. The van der Waals surface area contributed by atoms with Crippen molar-refractivity contribution >= 4 is 17.2 Å². The number of allylic oxidation sites excluding steroid dienone is 2. The average Bonchev–Trinajstić information content (AvgIpc) is 2.47. The van der Waals surface area contributed by atoms with Crippen molar-refractivity contribution < 1.29 is 0 Å². The summed E-state index contributed by atoms with van der Waals surface area (Å²) in [4.78, 5) is 0. The molecule has 0 amide bonds. The van der Waals surface area contributed by atoms with Crippen molar-refractivity contribution in [2.75, 3.05) is 0 Å². The Morgan fingerprint density at radius 2 is 1.87 bits per heavy atom. The zero-order valence-electron chi connectivity index (χ0n) is 9.82. The molecule has 0 bridgehead atoms. The van der Waals surface area contributed by atoms with E-state index in [4.69, 9.17) is 11.6 Å². The van der Waals surface area contributed by atoms with Gasteiger partial charge in [0.2, 0.25) is 0 Å². The van der Waals surface area contributed by atoms with E-state index in [-0.39, 0.29) is 5.41 Å². The third-order valence-electron chi connectivity index (χ3n) is 3.01. The summed E-state index contributed by atoms with van der Waals surface area (Å²) in [6, 6.07) is 4.34. The highest BCUT2D eigenvalue weighted by atomic mass is 35.5. The Labute approximate surface area is 97.0 Å². The zero-order chi connectivity index (χ0) is 11.2. The van der Waals surface area contributed by atoms with Gasteiger partial charge in [-0.3, -0.25) is 0 Å². The van der Waals surface area contributed by atoms with E-state index < -0.39 is 0 Å². The molecule has 1 aliphatic carbocycles. The second-order valence-electron chi connectivity index (χ2n) is 5.33. The fourth-order valence-corrected chi connectivity index (χ4v) is 2.36. The molecule has 0 heterocycles. The SMILES string of the molecule is Cc1cc2c(cc1Cl)CC=C2C(C)(C)C. The van der Waals surface area contributed by atoms with Gasteiger partial charge in [-0.2, -0.15) is 0 Å². The predicted molar refractivity (Wildman–Crippen MR) is 67.3 cm³/mol. The Bertz CT molecular complexity index is 433. The summed E-state index contributed by atoms with van der Waals surface area (Å²) in [6.45, 7) is 8.86. The van der Waals surface area contributed by atoms with Gasteiger partial charge in [0, 0.05) is 5.02 Å². The van der Waals surface area contributed by atoms with E-state index >= 15 is 0 Å². The molecule has 1 heteroatoms. The Hall–Kier alpha value is -0.750. The van der Waals surface area contributed by atoms with Gasteiger partial charge in [-0.1, -0.05) is 38.4 Å². The second-order valence-corrected chi connectivity index (χ2v) is 5.74. The van der Waals surface area contributed by atoms with Crippen LogP contribution in [0.15, 0.2) is 18.2 Å². The van der Waals surface area contributed by atoms with Gasteiger partial charge in [0.15, 0.2) is 0 Å². The van der Waals surface area contributed by atoms with E-state index in [1.165, 1.54) is 22.3 Å². The molecular weight excluding hydrogens is 204 g/mol. The van der Waals surface area contributed by atoms with Gasteiger partial charge >= 0.3 is 0 Å². The molecule has 0 aliphatic heterocycles. The van der Waals surface area contributed by atoms with Gasteiger partial charge in [0.1, 0.15) is 0 Å². The highest BCUT2D eigenvalue weighted by Gasteiger charge is 2.24. The topological polar surface area (TPSA) is 0 Å². The molecule has 1 aliphatic rings. The van der Waals surface area contributed by atoms with Crippen molar-refractivity contribution in [1.29, 1.82) is 0 Å². The molecular formula is C14H17Cl. The van der Waals surface area contributed by atoms with Gasteiger partial charge in [-0.05, 0) is 53.2 Å². The zero-order valence-corrected chi connectivity index (χ0v) is 10.6. The van der Waals surface area contributed by atoms with E-state index in [1.807, 2.05) is 0 Å². The van der Waals surface area contributed by atoms with E-state index in [0.29, 0.717) is 0 Å². The molecule has 0 saturated carbocycles. The molecule has 0 N–H and O–H groups in total. The smallest absolute Gasteiger partial charge is 0.0438 e. The molecule has 15 heavy (non-hydrogen) atoms. The Balaban J connectivity index is 2.54. The lowest BCUT2D eigenvalue weighted by atomic mass is 9.83. The molecule has 1 aromatic carbocycles. The molecule has 0 atom stereocenters. The van der Waals surface area contributed by atoms with Crippen LogP contribution in [0.5, 0.6) is 0 Å². The molecule has 1 aromatic rings. The van der Waals surface area contributed by atoms with Crippen LogP contribution in [0.2, 0.25) is 5.02 Å². The second kappa shape index (κ2) is 3.38. The standard InChI is InChI=1S/C14H17Cl/c1-9-7-11-10(8-13(9)15)5-6-12(11)14(2,3)4/h6-8H,5H2,1-4H3. The van der Waals surface area contributed by atoms with E-state index in [1.54, 1.807) is 0 Å². The third-order valence-corrected chi connectivity index (χ3v) is 3.42. The summed E-state index contributed by atoms with van der Waals surface area (Å²) in [5, 5.41) is 0.886. The minimum Gasteiger partial charge on any atom is -0.0840 e. The van der Waals surface area contributed by atoms with E-state index in [0.717, 1.165) is 11.4 Å². The Morgan fingerprint density at radius 1 is 1.20 bits per heavy atom. The number of hydrogen-bond donors (Lipinski definition) is 0. The van der Waals surface area contributed by atoms with Crippen LogP contribution in [0.3, 0.4) is 0 Å². The number of aryl methyl sites for hydroxylation is 1. The fraction of sp³-hybridized carbons (Fsp3) is 0.429. The number of fused-ring (bicyclic) bond motifs is 1. The minimum atomic E-state index is 0.228. The van der Waals surface area contributed by atoms with Crippen molar-refractivity contribution in [1.82, 2.24) is 0 Å². The maximum absolute atomic E-state index is 6.13. The van der Waals surface area contributed by atoms with Gasteiger partial charge in [-0.15, -0.1) is 0 Å². The first kappa shape index (κ1) is 10.8. The molecule has 0 saturated heterocycles. The number of rotatable bonds is 0. The number of benzene rings is 1. The summed E-state index contributed by atoms with van der Waals surface area (Å²) in [6.07, 6.45) is 3.36. The number of halogens is 1. The molecule has 0 aromatic heterocycles. The molecule has 0 unspecified atom stereocenters. The minimum absolute atomic E-state index is 0.228. The maximum Gasteiger partial charge on any atom is 0.0438 e. The summed E-state index contributed by atoms with van der Waals surface area (Å²) in [7, 11) is 0. The maximum atomic E-state index is 6.13. The summed E-state index contributed by atoms with van der Waals surface area (Å²) in [5.74, 6) is 0. The van der Waals surface area contributed by atoms with Crippen LogP contribution in [0.4, 0.5) is 0 Å². The summed E-state index contributed by atoms with van der Waals surface area (Å²) in [5.41, 5.74) is 5.62. The van der Waals surface area contributed by atoms with Gasteiger partial charge in [0.05, 0.1) is 0 Å². The van der Waals surface area contributed by atoms with Crippen LogP contribution >= 0.6 is 11.6 Å². The normalized spacial score (nSPS) is 15.1. The molecule has 80 valence electrons. The first-order valence-electron chi connectivity index (χ1n) is 5.39. The number of hydrogen-bond acceptors (Lipinski definition) is 0. The van der Waals surface area contributed by atoms with Gasteiger partial charge in [0.25, 0.3) is 0 Å². The molecule has 0 fully saturated rings. The van der Waals surface area contributed by atoms with E-state index in [2.05, 4.69) is 45.9 Å². The highest BCUT2D eigenvalue weighted by molar-refractivity contribution is 6.31. The molecule has 0 nitrogen and oxygen atoms in total. The molecule has 0 spiro atoms.